The molecule has 0 bridgehead atoms. The van der Waals surface area contributed by atoms with Gasteiger partial charge in [0, 0.05) is 23.5 Å². The van der Waals surface area contributed by atoms with E-state index in [-0.39, 0.29) is 11.6 Å². The van der Waals surface area contributed by atoms with Gasteiger partial charge in [-0.25, -0.2) is 4.98 Å². The summed E-state index contributed by atoms with van der Waals surface area (Å²) in [6.07, 6.45) is 0.787. The lowest BCUT2D eigenvalue weighted by Crippen LogP contribution is -2.25. The number of aryl methyl sites for hydroxylation is 4. The molecule has 4 heterocycles. The van der Waals surface area contributed by atoms with Crippen LogP contribution in [0.3, 0.4) is 0 Å². The average molecular weight is 452 g/mol. The topological polar surface area (TPSA) is 64.7 Å². The van der Waals surface area contributed by atoms with Crippen LogP contribution in [0.2, 0.25) is 0 Å². The molecule has 0 aliphatic carbocycles. The zero-order chi connectivity index (χ0) is 20.4. The van der Waals surface area contributed by atoms with Gasteiger partial charge in [-0.1, -0.05) is 13.0 Å². The van der Waals surface area contributed by atoms with Crippen molar-refractivity contribution in [2.45, 2.75) is 39.8 Å². The third-order valence-electron chi connectivity index (χ3n) is 5.80. The van der Waals surface area contributed by atoms with Crippen molar-refractivity contribution in [3.63, 3.8) is 0 Å². The normalized spacial score (nSPS) is 15.6. The number of hydrogen-bond donors (Lipinski definition) is 1. The van der Waals surface area contributed by atoms with E-state index in [1.54, 1.807) is 4.57 Å². The molecular formula is C22H22BrN5O. The Labute approximate surface area is 176 Å². The van der Waals surface area contributed by atoms with E-state index in [4.69, 9.17) is 5.10 Å². The molecule has 6 nitrogen and oxygen atoms in total. The Morgan fingerprint density at radius 1 is 1.24 bits per heavy atom. The van der Waals surface area contributed by atoms with E-state index in [9.17, 15) is 4.79 Å². The summed E-state index contributed by atoms with van der Waals surface area (Å²) in [4.78, 5) is 17.7. The summed E-state index contributed by atoms with van der Waals surface area (Å²) in [5, 5.41) is 10.3. The molecule has 1 aliphatic heterocycles. The quantitative estimate of drug-likeness (QED) is 0.469. The predicted molar refractivity (Wildman–Crippen MR) is 120 cm³/mol. The molecule has 0 saturated carbocycles. The van der Waals surface area contributed by atoms with Crippen LogP contribution in [0.4, 0.5) is 5.69 Å². The number of nitrogens with zero attached hydrogens (tertiary/aromatic N) is 4. The van der Waals surface area contributed by atoms with Crippen molar-refractivity contribution in [3.8, 4) is 0 Å². The molecule has 29 heavy (non-hydrogen) atoms. The molecule has 1 aliphatic rings. The second kappa shape index (κ2) is 6.42. The summed E-state index contributed by atoms with van der Waals surface area (Å²) in [6.45, 7) is 6.79. The highest BCUT2D eigenvalue weighted by Gasteiger charge is 2.29. The zero-order valence-corrected chi connectivity index (χ0v) is 18.5. The Kier molecular flexibility index (Phi) is 4.07. The minimum absolute atomic E-state index is 0.00869. The zero-order valence-electron chi connectivity index (χ0n) is 16.9. The first kappa shape index (κ1) is 18.4. The molecule has 1 unspecified atom stereocenters. The van der Waals surface area contributed by atoms with E-state index in [0.29, 0.717) is 6.54 Å². The standard InChI is InChI=1S/C22H22BrN5O/c1-5-15-19-20-18-13(8-11(2)9-14(18)22(29)27(19)4)17(10-28(20)26-15)25-16-7-6-12(3)24-21(16)23/h6-9,17,25H,5,10H2,1-4H3. The van der Waals surface area contributed by atoms with E-state index >= 15 is 0 Å². The lowest BCUT2D eigenvalue weighted by molar-refractivity contribution is 0.555. The van der Waals surface area contributed by atoms with Gasteiger partial charge in [-0.2, -0.15) is 5.10 Å². The van der Waals surface area contributed by atoms with Crippen LogP contribution in [0.25, 0.3) is 21.8 Å². The van der Waals surface area contributed by atoms with Gasteiger partial charge < -0.3 is 9.88 Å². The highest BCUT2D eigenvalue weighted by atomic mass is 79.9. The lowest BCUT2D eigenvalue weighted by atomic mass is 9.93. The number of hydrogen-bond acceptors (Lipinski definition) is 4. The van der Waals surface area contributed by atoms with E-state index in [1.165, 1.54) is 0 Å². The summed E-state index contributed by atoms with van der Waals surface area (Å²) in [5.74, 6) is 0. The summed E-state index contributed by atoms with van der Waals surface area (Å²) < 4.78 is 4.61. The van der Waals surface area contributed by atoms with Crippen LogP contribution in [0.1, 0.15) is 35.5 Å². The van der Waals surface area contributed by atoms with Crippen molar-refractivity contribution < 1.29 is 0 Å². The van der Waals surface area contributed by atoms with Crippen LogP contribution >= 0.6 is 15.9 Å². The van der Waals surface area contributed by atoms with Gasteiger partial charge >= 0.3 is 0 Å². The van der Waals surface area contributed by atoms with Gasteiger partial charge in [-0.15, -0.1) is 0 Å². The van der Waals surface area contributed by atoms with Crippen LogP contribution in [-0.4, -0.2) is 19.3 Å². The summed E-state index contributed by atoms with van der Waals surface area (Å²) >= 11 is 3.57. The molecular weight excluding hydrogens is 430 g/mol. The predicted octanol–water partition coefficient (Wildman–Crippen LogP) is 4.39. The molecule has 1 atom stereocenters. The van der Waals surface area contributed by atoms with Crippen LogP contribution in [0, 0.1) is 13.8 Å². The molecule has 0 spiro atoms. The highest BCUT2D eigenvalue weighted by molar-refractivity contribution is 9.10. The summed E-state index contributed by atoms with van der Waals surface area (Å²) in [7, 11) is 1.85. The van der Waals surface area contributed by atoms with Gasteiger partial charge in [0.25, 0.3) is 5.56 Å². The molecule has 5 rings (SSSR count). The lowest BCUT2D eigenvalue weighted by Gasteiger charge is -2.27. The molecule has 1 N–H and O–H groups in total. The fraction of sp³-hybridized carbons (Fsp3) is 0.318. The van der Waals surface area contributed by atoms with Crippen molar-refractivity contribution in [3.05, 3.63) is 61.7 Å². The number of pyridine rings is 2. The molecule has 0 saturated heterocycles. The van der Waals surface area contributed by atoms with Crippen molar-refractivity contribution in [1.29, 1.82) is 0 Å². The molecule has 7 heteroatoms. The highest BCUT2D eigenvalue weighted by Crippen LogP contribution is 2.39. The summed E-state index contributed by atoms with van der Waals surface area (Å²) in [5.41, 5.74) is 7.13. The maximum absolute atomic E-state index is 13.2. The Hall–Kier alpha value is -2.67. The van der Waals surface area contributed by atoms with Crippen molar-refractivity contribution in [2.24, 2.45) is 7.05 Å². The van der Waals surface area contributed by atoms with E-state index in [2.05, 4.69) is 43.9 Å². The van der Waals surface area contributed by atoms with Crippen molar-refractivity contribution in [1.82, 2.24) is 19.3 Å². The van der Waals surface area contributed by atoms with Crippen molar-refractivity contribution >= 4 is 43.4 Å². The van der Waals surface area contributed by atoms with Gasteiger partial charge in [0.2, 0.25) is 0 Å². The molecule has 0 amide bonds. The fourth-order valence-electron chi connectivity index (χ4n) is 4.49. The first-order chi connectivity index (χ1) is 13.9. The Morgan fingerprint density at radius 3 is 2.76 bits per heavy atom. The number of benzene rings is 1. The van der Waals surface area contributed by atoms with Gasteiger partial charge in [-0.3, -0.25) is 9.48 Å². The van der Waals surface area contributed by atoms with E-state index in [1.807, 2.05) is 39.1 Å². The van der Waals surface area contributed by atoms with Crippen molar-refractivity contribution in [2.75, 3.05) is 5.32 Å². The van der Waals surface area contributed by atoms with Gasteiger partial charge in [-0.05, 0) is 65.5 Å². The maximum Gasteiger partial charge on any atom is 0.258 e. The molecule has 1 aromatic carbocycles. The van der Waals surface area contributed by atoms with E-state index < -0.39 is 0 Å². The second-order valence-electron chi connectivity index (χ2n) is 7.81. The largest absolute Gasteiger partial charge is 0.374 e. The molecule has 4 aromatic rings. The maximum atomic E-state index is 13.2. The second-order valence-corrected chi connectivity index (χ2v) is 8.56. The van der Waals surface area contributed by atoms with Gasteiger partial charge in [0.1, 0.15) is 4.60 Å². The number of halogens is 1. The first-order valence-corrected chi connectivity index (χ1v) is 10.6. The molecule has 148 valence electrons. The minimum Gasteiger partial charge on any atom is -0.374 e. The molecule has 0 fully saturated rings. The summed E-state index contributed by atoms with van der Waals surface area (Å²) in [6, 6.07) is 8.21. The monoisotopic (exact) mass is 451 g/mol. The number of nitrogens with one attached hydrogen (secondary N) is 1. The van der Waals surface area contributed by atoms with E-state index in [0.717, 1.165) is 61.0 Å². The third kappa shape index (κ3) is 2.64. The van der Waals surface area contributed by atoms with Gasteiger partial charge in [0.15, 0.2) is 0 Å². The Bertz CT molecular complexity index is 1370. The minimum atomic E-state index is -0.00869. The SMILES string of the molecule is CCc1nn2c3c4c(cc(C)cc4c(=O)n(C)c13)C(Nc1ccc(C)nc1Br)C2. The van der Waals surface area contributed by atoms with Crippen LogP contribution in [0.15, 0.2) is 33.7 Å². The Balaban J connectivity index is 1.81. The first-order valence-electron chi connectivity index (χ1n) is 9.81. The third-order valence-corrected chi connectivity index (χ3v) is 6.41. The van der Waals surface area contributed by atoms with Crippen LogP contribution in [0.5, 0.6) is 0 Å². The molecule has 0 radical (unpaired) electrons. The number of aromatic nitrogens is 4. The average Bonchev–Trinajstić information content (AvgIpc) is 3.06. The Morgan fingerprint density at radius 2 is 2.03 bits per heavy atom. The molecule has 3 aromatic heterocycles. The number of anilines is 1. The van der Waals surface area contributed by atoms with Crippen LogP contribution < -0.4 is 10.9 Å². The fourth-order valence-corrected chi connectivity index (χ4v) is 5.02. The van der Waals surface area contributed by atoms with Crippen LogP contribution in [-0.2, 0) is 20.0 Å². The van der Waals surface area contributed by atoms with Gasteiger partial charge in [0.05, 0.1) is 35.0 Å². The smallest absolute Gasteiger partial charge is 0.258 e. The number of rotatable bonds is 3.